The fourth-order valence-corrected chi connectivity index (χ4v) is 1.92. The Kier molecular flexibility index (Phi) is 5.17. The molecule has 2 rings (SSSR count). The minimum Gasteiger partial charge on any atom is -0.497 e. The summed E-state index contributed by atoms with van der Waals surface area (Å²) in [7, 11) is 1.61. The molecule has 0 radical (unpaired) electrons. The van der Waals surface area contributed by atoms with E-state index in [1.54, 1.807) is 7.11 Å². The van der Waals surface area contributed by atoms with E-state index in [2.05, 4.69) is 10.3 Å². The number of aliphatic imine (C=N–C) groups is 1. The largest absolute Gasteiger partial charge is 0.497 e. The molecule has 110 valence electrons. The van der Waals surface area contributed by atoms with E-state index < -0.39 is 0 Å². The third-order valence-electron chi connectivity index (χ3n) is 3.05. The standard InChI is InChI=1S/C16H19N3O2/c1-21-15-8-4-7-14(9-15)19-16(17)18-10-12-5-2-3-6-13(12)11-20/h2-9,20H,10-11H2,1H3,(H3,17,18,19). The number of nitrogens with two attached hydrogens (primary N) is 1. The summed E-state index contributed by atoms with van der Waals surface area (Å²) in [5, 5.41) is 12.3. The van der Waals surface area contributed by atoms with Gasteiger partial charge in [0.2, 0.25) is 0 Å². The van der Waals surface area contributed by atoms with Gasteiger partial charge in [0, 0.05) is 11.8 Å². The van der Waals surface area contributed by atoms with Gasteiger partial charge in [0.1, 0.15) is 5.75 Å². The van der Waals surface area contributed by atoms with Crippen LogP contribution in [0.3, 0.4) is 0 Å². The smallest absolute Gasteiger partial charge is 0.193 e. The number of guanidine groups is 1. The van der Waals surface area contributed by atoms with Crippen molar-refractivity contribution in [3.8, 4) is 5.75 Å². The van der Waals surface area contributed by atoms with Crippen LogP contribution < -0.4 is 15.8 Å². The Hall–Kier alpha value is -2.53. The third kappa shape index (κ3) is 4.22. The number of rotatable bonds is 5. The fraction of sp³-hybridized carbons (Fsp3) is 0.188. The van der Waals surface area contributed by atoms with Crippen LogP contribution in [0.5, 0.6) is 5.75 Å². The summed E-state index contributed by atoms with van der Waals surface area (Å²) < 4.78 is 5.15. The number of hydrogen-bond acceptors (Lipinski definition) is 3. The first-order chi connectivity index (χ1) is 10.2. The Morgan fingerprint density at radius 2 is 1.95 bits per heavy atom. The quantitative estimate of drug-likeness (QED) is 0.580. The Bertz CT molecular complexity index is 626. The number of anilines is 1. The summed E-state index contributed by atoms with van der Waals surface area (Å²) in [6.07, 6.45) is 0. The van der Waals surface area contributed by atoms with E-state index in [0.717, 1.165) is 22.6 Å². The number of aliphatic hydroxyl groups is 1. The van der Waals surface area contributed by atoms with Gasteiger partial charge in [0.25, 0.3) is 0 Å². The predicted molar refractivity (Wildman–Crippen MR) is 84.3 cm³/mol. The van der Waals surface area contributed by atoms with E-state index in [0.29, 0.717) is 12.5 Å². The monoisotopic (exact) mass is 285 g/mol. The second kappa shape index (κ2) is 7.31. The molecular weight excluding hydrogens is 266 g/mol. The Morgan fingerprint density at radius 1 is 1.19 bits per heavy atom. The number of nitrogens with zero attached hydrogens (tertiary/aromatic N) is 1. The number of methoxy groups -OCH3 is 1. The van der Waals surface area contributed by atoms with Gasteiger partial charge in [-0.05, 0) is 23.3 Å². The molecule has 21 heavy (non-hydrogen) atoms. The molecule has 5 nitrogen and oxygen atoms in total. The van der Waals surface area contributed by atoms with Crippen LogP contribution in [0.2, 0.25) is 0 Å². The molecule has 0 atom stereocenters. The summed E-state index contributed by atoms with van der Waals surface area (Å²) in [6.45, 7) is 0.411. The average molecular weight is 285 g/mol. The van der Waals surface area contributed by atoms with Gasteiger partial charge >= 0.3 is 0 Å². The van der Waals surface area contributed by atoms with Crippen molar-refractivity contribution in [3.63, 3.8) is 0 Å². The van der Waals surface area contributed by atoms with E-state index in [4.69, 9.17) is 10.5 Å². The van der Waals surface area contributed by atoms with Crippen LogP contribution in [0.15, 0.2) is 53.5 Å². The molecule has 0 unspecified atom stereocenters. The van der Waals surface area contributed by atoms with Crippen LogP contribution >= 0.6 is 0 Å². The fourth-order valence-electron chi connectivity index (χ4n) is 1.92. The second-order valence-electron chi connectivity index (χ2n) is 4.49. The molecule has 0 heterocycles. The van der Waals surface area contributed by atoms with Gasteiger partial charge in [0.15, 0.2) is 5.96 Å². The molecule has 0 fully saturated rings. The van der Waals surface area contributed by atoms with Crippen LogP contribution in [0.25, 0.3) is 0 Å². The van der Waals surface area contributed by atoms with Crippen molar-refractivity contribution in [1.29, 1.82) is 0 Å². The summed E-state index contributed by atoms with van der Waals surface area (Å²) in [4.78, 5) is 4.29. The normalized spacial score (nSPS) is 11.2. The van der Waals surface area contributed by atoms with Crippen LogP contribution in [-0.2, 0) is 13.2 Å². The summed E-state index contributed by atoms with van der Waals surface area (Å²) in [5.41, 5.74) is 8.49. The maximum Gasteiger partial charge on any atom is 0.193 e. The predicted octanol–water partition coefficient (Wildman–Crippen LogP) is 2.11. The number of aliphatic hydroxyl groups excluding tert-OH is 1. The SMILES string of the molecule is COc1cccc(NC(N)=NCc2ccccc2CO)c1. The number of ether oxygens (including phenoxy) is 1. The first kappa shape index (κ1) is 14.9. The molecule has 0 aliphatic carbocycles. The highest BCUT2D eigenvalue weighted by molar-refractivity contribution is 5.92. The Balaban J connectivity index is 2.04. The third-order valence-corrected chi connectivity index (χ3v) is 3.05. The first-order valence-electron chi connectivity index (χ1n) is 6.61. The van der Waals surface area contributed by atoms with Crippen LogP contribution in [0.1, 0.15) is 11.1 Å². The molecule has 0 bridgehead atoms. The molecule has 0 spiro atoms. The molecule has 2 aromatic rings. The minimum absolute atomic E-state index is 0.00505. The molecule has 0 aliphatic rings. The molecule has 0 amide bonds. The lowest BCUT2D eigenvalue weighted by Gasteiger charge is -2.08. The molecule has 5 heteroatoms. The Labute approximate surface area is 124 Å². The zero-order valence-corrected chi connectivity index (χ0v) is 11.9. The maximum absolute atomic E-state index is 9.27. The van der Waals surface area contributed by atoms with Crippen LogP contribution in [0, 0.1) is 0 Å². The molecule has 0 aromatic heterocycles. The highest BCUT2D eigenvalue weighted by atomic mass is 16.5. The van der Waals surface area contributed by atoms with Crippen molar-refractivity contribution in [1.82, 2.24) is 0 Å². The second-order valence-corrected chi connectivity index (χ2v) is 4.49. The highest BCUT2D eigenvalue weighted by Crippen LogP contribution is 2.16. The Morgan fingerprint density at radius 3 is 2.67 bits per heavy atom. The topological polar surface area (TPSA) is 79.9 Å². The molecular formula is C16H19N3O2. The molecule has 2 aromatic carbocycles. The van der Waals surface area contributed by atoms with Crippen LogP contribution in [0.4, 0.5) is 5.69 Å². The van der Waals surface area contributed by atoms with Gasteiger partial charge in [-0.3, -0.25) is 0 Å². The first-order valence-corrected chi connectivity index (χ1v) is 6.61. The van der Waals surface area contributed by atoms with Crippen molar-refractivity contribution in [3.05, 3.63) is 59.7 Å². The molecule has 0 saturated carbocycles. The van der Waals surface area contributed by atoms with E-state index >= 15 is 0 Å². The number of benzene rings is 2. The lowest BCUT2D eigenvalue weighted by molar-refractivity contribution is 0.280. The highest BCUT2D eigenvalue weighted by Gasteiger charge is 2.01. The van der Waals surface area contributed by atoms with Gasteiger partial charge in [0.05, 0.1) is 20.3 Å². The van der Waals surface area contributed by atoms with Crippen LogP contribution in [-0.4, -0.2) is 18.2 Å². The van der Waals surface area contributed by atoms with Crippen molar-refractivity contribution in [2.24, 2.45) is 10.7 Å². The van der Waals surface area contributed by atoms with E-state index in [-0.39, 0.29) is 6.61 Å². The average Bonchev–Trinajstić information content (AvgIpc) is 2.53. The van der Waals surface area contributed by atoms with E-state index in [1.165, 1.54) is 0 Å². The summed E-state index contributed by atoms with van der Waals surface area (Å²) in [6, 6.07) is 15.0. The van der Waals surface area contributed by atoms with E-state index in [1.807, 2.05) is 48.5 Å². The van der Waals surface area contributed by atoms with Gasteiger partial charge in [-0.15, -0.1) is 0 Å². The van der Waals surface area contributed by atoms with Crippen molar-refractivity contribution < 1.29 is 9.84 Å². The van der Waals surface area contributed by atoms with Gasteiger partial charge in [-0.1, -0.05) is 30.3 Å². The minimum atomic E-state index is -0.00505. The van der Waals surface area contributed by atoms with E-state index in [9.17, 15) is 5.11 Å². The van der Waals surface area contributed by atoms with Crippen molar-refractivity contribution >= 4 is 11.6 Å². The van der Waals surface area contributed by atoms with Crippen molar-refractivity contribution in [2.75, 3.05) is 12.4 Å². The molecule has 0 aliphatic heterocycles. The summed E-state index contributed by atoms with van der Waals surface area (Å²) >= 11 is 0. The van der Waals surface area contributed by atoms with Gasteiger partial charge in [-0.25, -0.2) is 4.99 Å². The summed E-state index contributed by atoms with van der Waals surface area (Å²) in [5.74, 6) is 1.06. The van der Waals surface area contributed by atoms with Gasteiger partial charge in [-0.2, -0.15) is 0 Å². The number of hydrogen-bond donors (Lipinski definition) is 3. The maximum atomic E-state index is 9.27. The van der Waals surface area contributed by atoms with Gasteiger partial charge < -0.3 is 20.9 Å². The lowest BCUT2D eigenvalue weighted by atomic mass is 10.1. The zero-order valence-electron chi connectivity index (χ0n) is 11.9. The lowest BCUT2D eigenvalue weighted by Crippen LogP contribution is -2.22. The number of nitrogens with one attached hydrogen (secondary N) is 1. The molecule has 4 N–H and O–H groups in total. The zero-order chi connectivity index (χ0) is 15.1. The van der Waals surface area contributed by atoms with Crippen molar-refractivity contribution in [2.45, 2.75) is 13.2 Å². The molecule has 0 saturated heterocycles.